The number of hydrogen-bond acceptors (Lipinski definition) is 3. The summed E-state index contributed by atoms with van der Waals surface area (Å²) in [5, 5.41) is 8.58. The van der Waals surface area contributed by atoms with E-state index < -0.39 is 23.1 Å². The average molecular weight is 228 g/mol. The van der Waals surface area contributed by atoms with Crippen LogP contribution in [0, 0.1) is 11.3 Å². The van der Waals surface area contributed by atoms with E-state index in [1.54, 1.807) is 0 Å². The van der Waals surface area contributed by atoms with E-state index in [9.17, 15) is 18.0 Å². The number of anilines is 1. The number of ketones is 1. The number of nitrogens with zero attached hydrogens (tertiary/aromatic N) is 1. The SMILES string of the molecule is CC(=O)c1cc(N)c(C#N)c(C(F)(F)F)c1. The van der Waals surface area contributed by atoms with Gasteiger partial charge in [-0.15, -0.1) is 0 Å². The maximum absolute atomic E-state index is 12.5. The predicted octanol–water partition coefficient (Wildman–Crippen LogP) is 2.36. The van der Waals surface area contributed by atoms with Gasteiger partial charge >= 0.3 is 6.18 Å². The number of Topliss-reactive ketones (excluding diaryl/α,β-unsaturated/α-hetero) is 1. The highest BCUT2D eigenvalue weighted by atomic mass is 19.4. The van der Waals surface area contributed by atoms with Crippen molar-refractivity contribution in [2.45, 2.75) is 13.1 Å². The standard InChI is InChI=1S/C10H7F3N2O/c1-5(16)6-2-8(10(11,12)13)7(4-14)9(15)3-6/h2-3H,15H2,1H3. The second kappa shape index (κ2) is 3.85. The third-order valence-electron chi connectivity index (χ3n) is 1.99. The largest absolute Gasteiger partial charge is 0.417 e. The third kappa shape index (κ3) is 2.14. The Morgan fingerprint density at radius 3 is 2.38 bits per heavy atom. The van der Waals surface area contributed by atoms with Crippen molar-refractivity contribution in [1.29, 1.82) is 5.26 Å². The van der Waals surface area contributed by atoms with Crippen LogP contribution in [-0.2, 0) is 6.18 Å². The van der Waals surface area contributed by atoms with Crippen molar-refractivity contribution in [3.63, 3.8) is 0 Å². The fraction of sp³-hybridized carbons (Fsp3) is 0.200. The summed E-state index contributed by atoms with van der Waals surface area (Å²) >= 11 is 0. The quantitative estimate of drug-likeness (QED) is 0.592. The number of rotatable bonds is 1. The Kier molecular flexibility index (Phi) is 2.90. The fourth-order valence-corrected chi connectivity index (χ4v) is 1.22. The molecule has 16 heavy (non-hydrogen) atoms. The molecule has 0 fully saturated rings. The van der Waals surface area contributed by atoms with E-state index >= 15 is 0 Å². The number of hydrogen-bond donors (Lipinski definition) is 1. The van der Waals surface area contributed by atoms with Gasteiger partial charge in [-0.25, -0.2) is 0 Å². The molecule has 0 aromatic heterocycles. The Hall–Kier alpha value is -2.03. The number of carbonyl (C=O) groups excluding carboxylic acids is 1. The molecule has 1 rings (SSSR count). The smallest absolute Gasteiger partial charge is 0.398 e. The van der Waals surface area contributed by atoms with Gasteiger partial charge in [0.15, 0.2) is 5.78 Å². The van der Waals surface area contributed by atoms with E-state index in [4.69, 9.17) is 11.0 Å². The summed E-state index contributed by atoms with van der Waals surface area (Å²) in [7, 11) is 0. The molecule has 0 saturated carbocycles. The van der Waals surface area contributed by atoms with Crippen LogP contribution in [0.1, 0.15) is 28.4 Å². The molecule has 0 spiro atoms. The minimum Gasteiger partial charge on any atom is -0.398 e. The molecule has 0 unspecified atom stereocenters. The van der Waals surface area contributed by atoms with Crippen LogP contribution in [-0.4, -0.2) is 5.78 Å². The monoisotopic (exact) mass is 228 g/mol. The van der Waals surface area contributed by atoms with E-state index in [0.29, 0.717) is 6.07 Å². The van der Waals surface area contributed by atoms with Crippen LogP contribution >= 0.6 is 0 Å². The van der Waals surface area contributed by atoms with Crippen molar-refractivity contribution in [2.75, 3.05) is 5.73 Å². The molecule has 2 N–H and O–H groups in total. The van der Waals surface area contributed by atoms with Crippen LogP contribution in [0.4, 0.5) is 18.9 Å². The summed E-state index contributed by atoms with van der Waals surface area (Å²) in [5.74, 6) is -0.540. The van der Waals surface area contributed by atoms with E-state index in [1.807, 2.05) is 0 Å². The first-order chi connectivity index (χ1) is 7.27. The van der Waals surface area contributed by atoms with Gasteiger partial charge in [-0.2, -0.15) is 18.4 Å². The van der Waals surface area contributed by atoms with Gasteiger partial charge in [-0.05, 0) is 19.1 Å². The summed E-state index contributed by atoms with van der Waals surface area (Å²) in [6, 6.07) is 3.08. The lowest BCUT2D eigenvalue weighted by Crippen LogP contribution is -2.11. The molecule has 0 aliphatic rings. The van der Waals surface area contributed by atoms with E-state index in [0.717, 1.165) is 13.0 Å². The van der Waals surface area contributed by atoms with Crippen LogP contribution in [0.25, 0.3) is 0 Å². The Balaban J connectivity index is 3.57. The van der Waals surface area contributed by atoms with Gasteiger partial charge in [0, 0.05) is 5.56 Å². The highest BCUT2D eigenvalue weighted by molar-refractivity contribution is 5.95. The maximum Gasteiger partial charge on any atom is 0.417 e. The van der Waals surface area contributed by atoms with E-state index in [2.05, 4.69) is 0 Å². The normalized spacial score (nSPS) is 10.9. The zero-order chi connectivity index (χ0) is 12.5. The van der Waals surface area contributed by atoms with Crippen LogP contribution < -0.4 is 5.73 Å². The third-order valence-corrected chi connectivity index (χ3v) is 1.99. The maximum atomic E-state index is 12.5. The van der Waals surface area contributed by atoms with Gasteiger partial charge < -0.3 is 5.73 Å². The van der Waals surface area contributed by atoms with Crippen LogP contribution in [0.15, 0.2) is 12.1 Å². The molecule has 84 valence electrons. The summed E-state index contributed by atoms with van der Waals surface area (Å²) in [6.07, 6.45) is -4.70. The Morgan fingerprint density at radius 2 is 2.00 bits per heavy atom. The van der Waals surface area contributed by atoms with Gasteiger partial charge in [0.1, 0.15) is 6.07 Å². The van der Waals surface area contributed by atoms with E-state index in [-0.39, 0.29) is 11.3 Å². The molecule has 0 amide bonds. The van der Waals surface area contributed by atoms with Gasteiger partial charge in [0.25, 0.3) is 0 Å². The van der Waals surface area contributed by atoms with Crippen LogP contribution in [0.5, 0.6) is 0 Å². The Morgan fingerprint density at radius 1 is 1.44 bits per heavy atom. The molecule has 0 atom stereocenters. The minimum atomic E-state index is -4.70. The van der Waals surface area contributed by atoms with Crippen molar-refractivity contribution in [3.8, 4) is 6.07 Å². The van der Waals surface area contributed by atoms with Crippen molar-refractivity contribution in [2.24, 2.45) is 0 Å². The number of nitrogens with two attached hydrogens (primary N) is 1. The highest BCUT2D eigenvalue weighted by Gasteiger charge is 2.35. The number of alkyl halides is 3. The number of carbonyl (C=O) groups is 1. The van der Waals surface area contributed by atoms with Crippen LogP contribution in [0.2, 0.25) is 0 Å². The molecule has 6 heteroatoms. The van der Waals surface area contributed by atoms with Crippen molar-refractivity contribution >= 4 is 11.5 Å². The van der Waals surface area contributed by atoms with Gasteiger partial charge in [-0.1, -0.05) is 0 Å². The van der Waals surface area contributed by atoms with Crippen molar-refractivity contribution in [1.82, 2.24) is 0 Å². The zero-order valence-corrected chi connectivity index (χ0v) is 8.22. The number of halogens is 3. The lowest BCUT2D eigenvalue weighted by Gasteiger charge is -2.11. The highest BCUT2D eigenvalue weighted by Crippen LogP contribution is 2.35. The molecule has 1 aromatic carbocycles. The molecular formula is C10H7F3N2O. The minimum absolute atomic E-state index is 0.163. The van der Waals surface area contributed by atoms with E-state index in [1.165, 1.54) is 6.07 Å². The average Bonchev–Trinajstić information content (AvgIpc) is 2.14. The summed E-state index contributed by atoms with van der Waals surface area (Å²) < 4.78 is 37.6. The topological polar surface area (TPSA) is 66.9 Å². The molecule has 3 nitrogen and oxygen atoms in total. The summed E-state index contributed by atoms with van der Waals surface area (Å²) in [5.41, 5.74) is 2.95. The lowest BCUT2D eigenvalue weighted by molar-refractivity contribution is -0.137. The first kappa shape index (κ1) is 12.0. The van der Waals surface area contributed by atoms with Gasteiger partial charge in [-0.3, -0.25) is 4.79 Å². The second-order valence-electron chi connectivity index (χ2n) is 3.15. The molecule has 0 bridgehead atoms. The Labute approximate surface area is 89.3 Å². The molecule has 0 aliphatic heterocycles. The first-order valence-electron chi connectivity index (χ1n) is 4.19. The number of nitrogen functional groups attached to an aromatic ring is 1. The van der Waals surface area contributed by atoms with Crippen molar-refractivity contribution in [3.05, 3.63) is 28.8 Å². The first-order valence-corrected chi connectivity index (χ1v) is 4.19. The lowest BCUT2D eigenvalue weighted by atomic mass is 10.0. The molecule has 0 aliphatic carbocycles. The number of nitriles is 1. The number of benzene rings is 1. The van der Waals surface area contributed by atoms with Gasteiger partial charge in [0.2, 0.25) is 0 Å². The van der Waals surface area contributed by atoms with Crippen molar-refractivity contribution < 1.29 is 18.0 Å². The summed E-state index contributed by atoms with van der Waals surface area (Å²) in [4.78, 5) is 11.0. The fourth-order valence-electron chi connectivity index (χ4n) is 1.22. The second-order valence-corrected chi connectivity index (χ2v) is 3.15. The molecule has 0 saturated heterocycles. The molecule has 0 heterocycles. The molecule has 1 aromatic rings. The van der Waals surface area contributed by atoms with Crippen LogP contribution in [0.3, 0.4) is 0 Å². The predicted molar refractivity (Wildman–Crippen MR) is 50.6 cm³/mol. The van der Waals surface area contributed by atoms with Gasteiger partial charge in [0.05, 0.1) is 16.8 Å². The Bertz CT molecular complexity index is 486. The molecule has 0 radical (unpaired) electrons. The zero-order valence-electron chi connectivity index (χ0n) is 8.22. The molecular weight excluding hydrogens is 221 g/mol. The summed E-state index contributed by atoms with van der Waals surface area (Å²) in [6.45, 7) is 1.13.